The number of carbonyl (C=O) groups is 1. The van der Waals surface area contributed by atoms with Gasteiger partial charge >= 0.3 is 6.03 Å². The molecule has 3 saturated heterocycles. The van der Waals surface area contributed by atoms with Gasteiger partial charge in [-0.15, -0.1) is 0 Å². The van der Waals surface area contributed by atoms with Crippen LogP contribution in [-0.2, 0) is 0 Å². The van der Waals surface area contributed by atoms with Crippen molar-refractivity contribution in [2.24, 2.45) is 11.8 Å². The molecule has 3 aliphatic rings. The number of amides is 2. The highest BCUT2D eigenvalue weighted by Crippen LogP contribution is 2.33. The van der Waals surface area contributed by atoms with Gasteiger partial charge in [0.25, 0.3) is 0 Å². The Morgan fingerprint density at radius 3 is 2.88 bits per heavy atom. The zero-order valence-corrected chi connectivity index (χ0v) is 10.5. The van der Waals surface area contributed by atoms with Crippen molar-refractivity contribution in [1.29, 1.82) is 0 Å². The summed E-state index contributed by atoms with van der Waals surface area (Å²) in [6.07, 6.45) is 6.32. The third kappa shape index (κ3) is 2.15. The van der Waals surface area contributed by atoms with Crippen molar-refractivity contribution in [3.05, 3.63) is 0 Å². The normalized spacial score (nSPS) is 38.5. The minimum atomic E-state index is 0.176. The van der Waals surface area contributed by atoms with Crippen molar-refractivity contribution in [3.8, 4) is 0 Å². The van der Waals surface area contributed by atoms with Crippen LogP contribution in [0.25, 0.3) is 0 Å². The second kappa shape index (κ2) is 4.84. The number of carbonyl (C=O) groups excluding carboxylic acids is 1. The highest BCUT2D eigenvalue weighted by molar-refractivity contribution is 5.75. The molecule has 96 valence electrons. The van der Waals surface area contributed by atoms with E-state index in [1.165, 1.54) is 38.6 Å². The molecule has 3 rings (SSSR count). The molecule has 3 unspecified atom stereocenters. The summed E-state index contributed by atoms with van der Waals surface area (Å²) in [5.74, 6) is 1.43. The Balaban J connectivity index is 1.72. The van der Waals surface area contributed by atoms with Crippen LogP contribution in [0, 0.1) is 11.8 Å². The topological polar surface area (TPSA) is 44.4 Å². The molecular weight excluding hydrogens is 214 g/mol. The van der Waals surface area contributed by atoms with E-state index in [9.17, 15) is 4.79 Å². The largest absolute Gasteiger partial charge is 0.338 e. The monoisotopic (exact) mass is 237 g/mol. The summed E-state index contributed by atoms with van der Waals surface area (Å²) in [6.45, 7) is 4.17. The van der Waals surface area contributed by atoms with Gasteiger partial charge in [0.2, 0.25) is 0 Å². The molecular formula is C13H23N3O. The zero-order valence-electron chi connectivity index (χ0n) is 10.5. The Morgan fingerprint density at radius 1 is 1.12 bits per heavy atom. The SMILES string of the molecule is O=C1NCC(C2CCCNC2)C2CCCCN12. The van der Waals surface area contributed by atoms with Crippen molar-refractivity contribution in [2.45, 2.75) is 38.1 Å². The van der Waals surface area contributed by atoms with E-state index >= 15 is 0 Å². The third-order valence-electron chi connectivity index (χ3n) is 4.73. The summed E-state index contributed by atoms with van der Waals surface area (Å²) < 4.78 is 0. The fraction of sp³-hybridized carbons (Fsp3) is 0.923. The summed E-state index contributed by atoms with van der Waals surface area (Å²) in [5.41, 5.74) is 0. The fourth-order valence-corrected chi connectivity index (χ4v) is 3.82. The summed E-state index contributed by atoms with van der Waals surface area (Å²) in [6, 6.07) is 0.692. The van der Waals surface area contributed by atoms with Crippen LogP contribution >= 0.6 is 0 Å². The van der Waals surface area contributed by atoms with E-state index < -0.39 is 0 Å². The first-order valence-electron chi connectivity index (χ1n) is 7.11. The Hall–Kier alpha value is -0.770. The number of piperidine rings is 2. The molecule has 3 fully saturated rings. The number of fused-ring (bicyclic) bond motifs is 1. The first kappa shape index (κ1) is 11.3. The van der Waals surface area contributed by atoms with Gasteiger partial charge in [-0.05, 0) is 51.1 Å². The molecule has 0 saturated carbocycles. The molecule has 0 aromatic heterocycles. The van der Waals surface area contributed by atoms with E-state index in [1.54, 1.807) is 0 Å². The van der Waals surface area contributed by atoms with Crippen LogP contribution in [0.4, 0.5) is 4.79 Å². The van der Waals surface area contributed by atoms with Gasteiger partial charge in [-0.2, -0.15) is 0 Å². The minimum absolute atomic E-state index is 0.176. The number of hydrogen-bond donors (Lipinski definition) is 2. The maximum absolute atomic E-state index is 11.9. The Bertz CT molecular complexity index is 288. The zero-order chi connectivity index (χ0) is 11.7. The molecule has 4 nitrogen and oxygen atoms in total. The molecule has 3 atom stereocenters. The van der Waals surface area contributed by atoms with Gasteiger partial charge in [0.05, 0.1) is 0 Å². The summed E-state index contributed by atoms with van der Waals surface area (Å²) in [4.78, 5) is 14.0. The Labute approximate surface area is 103 Å². The highest BCUT2D eigenvalue weighted by Gasteiger charge is 2.40. The van der Waals surface area contributed by atoms with Crippen molar-refractivity contribution in [1.82, 2.24) is 15.5 Å². The van der Waals surface area contributed by atoms with Crippen LogP contribution in [0.2, 0.25) is 0 Å². The maximum atomic E-state index is 11.9. The quantitative estimate of drug-likeness (QED) is 0.719. The predicted molar refractivity (Wildman–Crippen MR) is 66.8 cm³/mol. The standard InChI is InChI=1S/C13H23N3O/c17-13-15-9-11(10-4-3-6-14-8-10)12-5-1-2-7-16(12)13/h10-12,14H,1-9H2,(H,15,17). The summed E-state index contributed by atoms with van der Waals surface area (Å²) >= 11 is 0. The molecule has 2 amide bonds. The van der Waals surface area contributed by atoms with Gasteiger partial charge in [-0.1, -0.05) is 0 Å². The van der Waals surface area contributed by atoms with E-state index in [1.807, 2.05) is 0 Å². The van der Waals surface area contributed by atoms with Gasteiger partial charge in [0.15, 0.2) is 0 Å². The first-order chi connectivity index (χ1) is 8.36. The van der Waals surface area contributed by atoms with Gasteiger partial charge in [0.1, 0.15) is 0 Å². The van der Waals surface area contributed by atoms with E-state index in [4.69, 9.17) is 0 Å². The van der Waals surface area contributed by atoms with Gasteiger partial charge < -0.3 is 15.5 Å². The lowest BCUT2D eigenvalue weighted by Gasteiger charge is -2.47. The second-order valence-corrected chi connectivity index (χ2v) is 5.71. The first-order valence-corrected chi connectivity index (χ1v) is 7.11. The Kier molecular flexibility index (Phi) is 3.23. The van der Waals surface area contributed by atoms with Gasteiger partial charge in [-0.3, -0.25) is 0 Å². The van der Waals surface area contributed by atoms with Gasteiger partial charge in [-0.25, -0.2) is 4.79 Å². The van der Waals surface area contributed by atoms with Crippen molar-refractivity contribution in [3.63, 3.8) is 0 Å². The maximum Gasteiger partial charge on any atom is 0.317 e. The summed E-state index contributed by atoms with van der Waals surface area (Å²) in [5, 5.41) is 6.60. The predicted octanol–water partition coefficient (Wildman–Crippen LogP) is 1.18. The smallest absolute Gasteiger partial charge is 0.317 e. The van der Waals surface area contributed by atoms with Crippen molar-refractivity contribution >= 4 is 6.03 Å². The van der Waals surface area contributed by atoms with E-state index in [2.05, 4.69) is 15.5 Å². The molecule has 0 aromatic rings. The molecule has 3 aliphatic heterocycles. The van der Waals surface area contributed by atoms with E-state index in [-0.39, 0.29) is 6.03 Å². The fourth-order valence-electron chi connectivity index (χ4n) is 3.82. The number of rotatable bonds is 1. The average molecular weight is 237 g/mol. The van der Waals surface area contributed by atoms with Crippen molar-refractivity contribution in [2.75, 3.05) is 26.2 Å². The molecule has 17 heavy (non-hydrogen) atoms. The van der Waals surface area contributed by atoms with Crippen LogP contribution in [0.5, 0.6) is 0 Å². The van der Waals surface area contributed by atoms with Crippen LogP contribution in [0.1, 0.15) is 32.1 Å². The van der Waals surface area contributed by atoms with Crippen LogP contribution < -0.4 is 10.6 Å². The summed E-state index contributed by atoms with van der Waals surface area (Å²) in [7, 11) is 0. The molecule has 0 radical (unpaired) electrons. The molecule has 4 heteroatoms. The van der Waals surface area contributed by atoms with Gasteiger partial charge in [0, 0.05) is 25.0 Å². The van der Waals surface area contributed by atoms with Crippen LogP contribution in [-0.4, -0.2) is 43.2 Å². The van der Waals surface area contributed by atoms with E-state index in [0.717, 1.165) is 25.6 Å². The molecule has 0 aliphatic carbocycles. The number of nitrogens with one attached hydrogen (secondary N) is 2. The molecule has 2 N–H and O–H groups in total. The van der Waals surface area contributed by atoms with Crippen LogP contribution in [0.15, 0.2) is 0 Å². The number of hydrogen-bond acceptors (Lipinski definition) is 2. The lowest BCUT2D eigenvalue weighted by Crippen LogP contribution is -2.61. The minimum Gasteiger partial charge on any atom is -0.338 e. The van der Waals surface area contributed by atoms with Crippen molar-refractivity contribution < 1.29 is 4.79 Å². The molecule has 0 bridgehead atoms. The highest BCUT2D eigenvalue weighted by atomic mass is 16.2. The lowest BCUT2D eigenvalue weighted by atomic mass is 9.77. The number of nitrogens with zero attached hydrogens (tertiary/aromatic N) is 1. The number of urea groups is 1. The third-order valence-corrected chi connectivity index (χ3v) is 4.73. The lowest BCUT2D eigenvalue weighted by molar-refractivity contribution is 0.0620. The van der Waals surface area contributed by atoms with E-state index in [0.29, 0.717) is 12.0 Å². The molecule has 0 spiro atoms. The second-order valence-electron chi connectivity index (χ2n) is 5.71. The molecule has 0 aromatic carbocycles. The molecule has 3 heterocycles. The average Bonchev–Trinajstić information content (AvgIpc) is 2.41. The van der Waals surface area contributed by atoms with Crippen LogP contribution in [0.3, 0.4) is 0 Å². The Morgan fingerprint density at radius 2 is 2.06 bits per heavy atom.